The van der Waals surface area contributed by atoms with Crippen LogP contribution < -0.4 is 5.32 Å². The highest BCUT2D eigenvalue weighted by molar-refractivity contribution is 5.68. The summed E-state index contributed by atoms with van der Waals surface area (Å²) in [6, 6.07) is 13.0. The van der Waals surface area contributed by atoms with Gasteiger partial charge in [-0.05, 0) is 36.7 Å². The van der Waals surface area contributed by atoms with Gasteiger partial charge < -0.3 is 5.32 Å². The lowest BCUT2D eigenvalue weighted by Gasteiger charge is -2.09. The van der Waals surface area contributed by atoms with Gasteiger partial charge in [-0.2, -0.15) is 0 Å². The normalized spacial score (nSPS) is 10.5. The van der Waals surface area contributed by atoms with E-state index in [1.165, 1.54) is 11.6 Å². The summed E-state index contributed by atoms with van der Waals surface area (Å²) in [5.41, 5.74) is 3.94. The summed E-state index contributed by atoms with van der Waals surface area (Å²) in [6.07, 6.45) is 0. The van der Waals surface area contributed by atoms with Crippen molar-refractivity contribution in [1.29, 1.82) is 0 Å². The van der Waals surface area contributed by atoms with Crippen LogP contribution in [0.4, 0.5) is 4.39 Å². The van der Waals surface area contributed by atoms with Crippen LogP contribution in [0.25, 0.3) is 11.1 Å². The van der Waals surface area contributed by atoms with Gasteiger partial charge in [0.05, 0.1) is 0 Å². The Morgan fingerprint density at radius 3 is 2.47 bits per heavy atom. The Labute approximate surface area is 101 Å². The standard InChI is InChI=1S/C15H16FN/c1-11-9-12(10-17-2)7-8-13(11)14-5-3-4-6-15(14)16/h3-9,17H,10H2,1-2H3. The first kappa shape index (κ1) is 11.8. The molecule has 0 bridgehead atoms. The Bertz CT molecular complexity index is 520. The summed E-state index contributed by atoms with van der Waals surface area (Å²) >= 11 is 0. The van der Waals surface area contributed by atoms with E-state index in [0.717, 1.165) is 17.7 Å². The molecule has 1 nitrogen and oxygen atoms in total. The molecular weight excluding hydrogens is 213 g/mol. The molecule has 0 aliphatic heterocycles. The van der Waals surface area contributed by atoms with Crippen LogP contribution in [-0.4, -0.2) is 7.05 Å². The number of nitrogens with one attached hydrogen (secondary N) is 1. The first-order valence-corrected chi connectivity index (χ1v) is 5.71. The predicted molar refractivity (Wildman–Crippen MR) is 69.3 cm³/mol. The molecule has 0 fully saturated rings. The molecule has 2 heteroatoms. The minimum Gasteiger partial charge on any atom is -0.316 e. The smallest absolute Gasteiger partial charge is 0.131 e. The summed E-state index contributed by atoms with van der Waals surface area (Å²) in [4.78, 5) is 0. The van der Waals surface area contributed by atoms with E-state index in [0.29, 0.717) is 5.56 Å². The number of halogens is 1. The first-order chi connectivity index (χ1) is 8.22. The number of rotatable bonds is 3. The van der Waals surface area contributed by atoms with Crippen molar-refractivity contribution in [3.8, 4) is 11.1 Å². The van der Waals surface area contributed by atoms with Crippen molar-refractivity contribution >= 4 is 0 Å². The van der Waals surface area contributed by atoms with Crippen LogP contribution in [-0.2, 0) is 6.54 Å². The van der Waals surface area contributed by atoms with E-state index in [2.05, 4.69) is 11.4 Å². The van der Waals surface area contributed by atoms with Crippen molar-refractivity contribution < 1.29 is 4.39 Å². The molecular formula is C15H16FN. The fourth-order valence-electron chi connectivity index (χ4n) is 2.02. The maximum atomic E-state index is 13.7. The molecule has 0 saturated heterocycles. The summed E-state index contributed by atoms with van der Waals surface area (Å²) in [7, 11) is 1.92. The van der Waals surface area contributed by atoms with E-state index in [1.54, 1.807) is 6.07 Å². The van der Waals surface area contributed by atoms with E-state index in [-0.39, 0.29) is 5.82 Å². The minimum atomic E-state index is -0.169. The molecule has 0 heterocycles. The lowest BCUT2D eigenvalue weighted by Crippen LogP contribution is -2.05. The van der Waals surface area contributed by atoms with E-state index in [4.69, 9.17) is 0 Å². The highest BCUT2D eigenvalue weighted by Gasteiger charge is 2.07. The zero-order chi connectivity index (χ0) is 12.3. The summed E-state index contributed by atoms with van der Waals surface area (Å²) in [5.74, 6) is -0.169. The first-order valence-electron chi connectivity index (χ1n) is 5.71. The van der Waals surface area contributed by atoms with E-state index in [9.17, 15) is 4.39 Å². The van der Waals surface area contributed by atoms with Crippen LogP contribution in [0.1, 0.15) is 11.1 Å². The van der Waals surface area contributed by atoms with Crippen molar-refractivity contribution in [2.24, 2.45) is 0 Å². The molecule has 0 aliphatic carbocycles. The Kier molecular flexibility index (Phi) is 3.55. The van der Waals surface area contributed by atoms with Crippen LogP contribution in [0, 0.1) is 12.7 Å². The van der Waals surface area contributed by atoms with Gasteiger partial charge in [-0.15, -0.1) is 0 Å². The quantitative estimate of drug-likeness (QED) is 0.849. The van der Waals surface area contributed by atoms with Crippen LogP contribution >= 0.6 is 0 Å². The topological polar surface area (TPSA) is 12.0 Å². The van der Waals surface area contributed by atoms with Gasteiger partial charge in [-0.3, -0.25) is 0 Å². The lowest BCUT2D eigenvalue weighted by atomic mass is 9.98. The van der Waals surface area contributed by atoms with Gasteiger partial charge in [0.15, 0.2) is 0 Å². The Morgan fingerprint density at radius 1 is 1.06 bits per heavy atom. The molecule has 0 unspecified atom stereocenters. The fraction of sp³-hybridized carbons (Fsp3) is 0.200. The molecule has 0 aliphatic rings. The van der Waals surface area contributed by atoms with Crippen molar-refractivity contribution in [3.63, 3.8) is 0 Å². The molecule has 0 radical (unpaired) electrons. The van der Waals surface area contributed by atoms with Crippen molar-refractivity contribution in [3.05, 3.63) is 59.4 Å². The lowest BCUT2D eigenvalue weighted by molar-refractivity contribution is 0.631. The highest BCUT2D eigenvalue weighted by Crippen LogP contribution is 2.26. The molecule has 0 atom stereocenters. The molecule has 17 heavy (non-hydrogen) atoms. The van der Waals surface area contributed by atoms with Gasteiger partial charge in [0.25, 0.3) is 0 Å². The van der Waals surface area contributed by atoms with Crippen molar-refractivity contribution in [1.82, 2.24) is 5.32 Å². The third kappa shape index (κ3) is 2.53. The Balaban J connectivity index is 2.44. The molecule has 2 aromatic rings. The third-order valence-electron chi connectivity index (χ3n) is 2.84. The zero-order valence-electron chi connectivity index (χ0n) is 10.1. The second-order valence-electron chi connectivity index (χ2n) is 4.16. The Hall–Kier alpha value is -1.67. The van der Waals surface area contributed by atoms with Gasteiger partial charge in [0.1, 0.15) is 5.82 Å². The molecule has 2 aromatic carbocycles. The van der Waals surface area contributed by atoms with Crippen molar-refractivity contribution in [2.45, 2.75) is 13.5 Å². The Morgan fingerprint density at radius 2 is 1.82 bits per heavy atom. The molecule has 0 saturated carbocycles. The maximum Gasteiger partial charge on any atom is 0.131 e. The number of aryl methyl sites for hydroxylation is 1. The molecule has 1 N–H and O–H groups in total. The van der Waals surface area contributed by atoms with E-state index in [1.807, 2.05) is 38.2 Å². The number of hydrogen-bond acceptors (Lipinski definition) is 1. The van der Waals surface area contributed by atoms with Crippen LogP contribution in [0.2, 0.25) is 0 Å². The highest BCUT2D eigenvalue weighted by atomic mass is 19.1. The summed E-state index contributed by atoms with van der Waals surface area (Å²) in [6.45, 7) is 2.85. The van der Waals surface area contributed by atoms with Gasteiger partial charge in [0.2, 0.25) is 0 Å². The number of hydrogen-bond donors (Lipinski definition) is 1. The van der Waals surface area contributed by atoms with E-state index < -0.39 is 0 Å². The molecule has 2 rings (SSSR count). The molecule has 0 aromatic heterocycles. The predicted octanol–water partition coefficient (Wildman–Crippen LogP) is 3.52. The van der Waals surface area contributed by atoms with Crippen LogP contribution in [0.15, 0.2) is 42.5 Å². The molecule has 88 valence electrons. The maximum absolute atomic E-state index is 13.7. The average molecular weight is 229 g/mol. The average Bonchev–Trinajstić information content (AvgIpc) is 2.31. The van der Waals surface area contributed by atoms with Crippen molar-refractivity contribution in [2.75, 3.05) is 7.05 Å². The third-order valence-corrected chi connectivity index (χ3v) is 2.84. The summed E-state index contributed by atoms with van der Waals surface area (Å²) < 4.78 is 13.7. The second-order valence-corrected chi connectivity index (χ2v) is 4.16. The van der Waals surface area contributed by atoms with Crippen LogP contribution in [0.3, 0.4) is 0 Å². The zero-order valence-corrected chi connectivity index (χ0v) is 10.1. The summed E-state index contributed by atoms with van der Waals surface area (Å²) in [5, 5.41) is 3.11. The monoisotopic (exact) mass is 229 g/mol. The fourth-order valence-corrected chi connectivity index (χ4v) is 2.02. The van der Waals surface area contributed by atoms with Gasteiger partial charge in [-0.25, -0.2) is 4.39 Å². The largest absolute Gasteiger partial charge is 0.316 e. The molecule has 0 spiro atoms. The van der Waals surface area contributed by atoms with Gasteiger partial charge >= 0.3 is 0 Å². The second kappa shape index (κ2) is 5.11. The van der Waals surface area contributed by atoms with Gasteiger partial charge in [0, 0.05) is 12.1 Å². The van der Waals surface area contributed by atoms with Gasteiger partial charge in [-0.1, -0.05) is 36.4 Å². The SMILES string of the molecule is CNCc1ccc(-c2ccccc2F)c(C)c1. The minimum absolute atomic E-state index is 0.169. The molecule has 0 amide bonds. The van der Waals surface area contributed by atoms with E-state index >= 15 is 0 Å². The van der Waals surface area contributed by atoms with Crippen LogP contribution in [0.5, 0.6) is 0 Å². The number of benzene rings is 2.